The molecule has 1 aromatic carbocycles. The average Bonchev–Trinajstić information content (AvgIpc) is 2.33. The van der Waals surface area contributed by atoms with Crippen molar-refractivity contribution in [2.75, 3.05) is 26.8 Å². The maximum absolute atomic E-state index is 5.21. The van der Waals surface area contributed by atoms with Crippen LogP contribution in [0.2, 0.25) is 0 Å². The molecule has 0 bridgehead atoms. The zero-order valence-corrected chi connectivity index (χ0v) is 10.7. The molecule has 0 amide bonds. The first-order chi connectivity index (χ1) is 8.29. The lowest BCUT2D eigenvalue weighted by Gasteiger charge is -2.40. The zero-order chi connectivity index (χ0) is 12.1. The van der Waals surface area contributed by atoms with Crippen molar-refractivity contribution in [3.8, 4) is 0 Å². The van der Waals surface area contributed by atoms with Crippen LogP contribution in [0.5, 0.6) is 0 Å². The third-order valence-corrected chi connectivity index (χ3v) is 3.29. The fourth-order valence-corrected chi connectivity index (χ4v) is 2.28. The van der Waals surface area contributed by atoms with Gasteiger partial charge in [0.15, 0.2) is 0 Å². The van der Waals surface area contributed by atoms with Crippen LogP contribution in [-0.2, 0) is 4.74 Å². The second-order valence-corrected chi connectivity index (χ2v) is 4.77. The van der Waals surface area contributed by atoms with Crippen molar-refractivity contribution in [2.45, 2.75) is 19.4 Å². The van der Waals surface area contributed by atoms with Crippen molar-refractivity contribution in [2.24, 2.45) is 0 Å². The molecule has 1 fully saturated rings. The topological polar surface area (TPSA) is 12.5 Å². The van der Waals surface area contributed by atoms with Gasteiger partial charge in [0, 0.05) is 26.2 Å². The Balaban J connectivity index is 1.89. The highest BCUT2D eigenvalue weighted by molar-refractivity contribution is 5.52. The predicted molar refractivity (Wildman–Crippen MR) is 71.9 cm³/mol. The molecule has 0 saturated carbocycles. The van der Waals surface area contributed by atoms with Gasteiger partial charge in [-0.15, -0.1) is 0 Å². The van der Waals surface area contributed by atoms with Crippen molar-refractivity contribution in [3.63, 3.8) is 0 Å². The van der Waals surface area contributed by atoms with Gasteiger partial charge in [-0.25, -0.2) is 0 Å². The van der Waals surface area contributed by atoms with Gasteiger partial charge in [0.1, 0.15) is 0 Å². The lowest BCUT2D eigenvalue weighted by molar-refractivity contribution is 0.0309. The maximum Gasteiger partial charge on any atom is 0.0618 e. The summed E-state index contributed by atoms with van der Waals surface area (Å²) in [7, 11) is 1.78. The number of rotatable bonds is 5. The molecule has 0 spiro atoms. The molecule has 1 unspecified atom stereocenters. The van der Waals surface area contributed by atoms with Gasteiger partial charge in [0.25, 0.3) is 0 Å². The molecule has 2 rings (SSSR count). The summed E-state index contributed by atoms with van der Waals surface area (Å²) < 4.78 is 5.21. The van der Waals surface area contributed by atoms with Gasteiger partial charge in [-0.1, -0.05) is 42.0 Å². The van der Waals surface area contributed by atoms with E-state index in [2.05, 4.69) is 48.2 Å². The lowest BCUT2D eigenvalue weighted by Crippen LogP contribution is -2.50. The lowest BCUT2D eigenvalue weighted by atomic mass is 10.0. The van der Waals surface area contributed by atoms with Gasteiger partial charge in [0.05, 0.1) is 6.61 Å². The minimum absolute atomic E-state index is 0.624. The number of ether oxygens (including phenoxy) is 1. The molecular weight excluding hydrogens is 210 g/mol. The molecule has 92 valence electrons. The molecule has 1 aromatic rings. The highest BCUT2D eigenvalue weighted by Gasteiger charge is 2.27. The fourth-order valence-electron chi connectivity index (χ4n) is 2.28. The molecule has 0 N–H and O–H groups in total. The van der Waals surface area contributed by atoms with Gasteiger partial charge in [-0.2, -0.15) is 0 Å². The minimum atomic E-state index is 0.624. The number of nitrogens with zero attached hydrogens (tertiary/aromatic N) is 1. The Morgan fingerprint density at radius 1 is 1.41 bits per heavy atom. The standard InChI is InChI=1S/C15H21NO/c1-13(10-14-6-4-3-5-7-14)11-16-9-8-15(16)12-17-2/h3-7,10,15H,8-9,11-12H2,1-2H3/b13-10+. The Morgan fingerprint density at radius 2 is 2.18 bits per heavy atom. The molecule has 1 heterocycles. The molecule has 1 saturated heterocycles. The maximum atomic E-state index is 5.21. The quantitative estimate of drug-likeness (QED) is 0.772. The van der Waals surface area contributed by atoms with Gasteiger partial charge < -0.3 is 4.74 Å². The molecule has 0 radical (unpaired) electrons. The van der Waals surface area contributed by atoms with Crippen LogP contribution in [0, 0.1) is 0 Å². The molecular formula is C15H21NO. The average molecular weight is 231 g/mol. The Labute approximate surface area is 104 Å². The van der Waals surface area contributed by atoms with Crippen molar-refractivity contribution in [1.29, 1.82) is 0 Å². The molecule has 0 aromatic heterocycles. The summed E-state index contributed by atoms with van der Waals surface area (Å²) in [6.07, 6.45) is 3.54. The van der Waals surface area contributed by atoms with E-state index in [-0.39, 0.29) is 0 Å². The number of hydrogen-bond acceptors (Lipinski definition) is 2. The first kappa shape index (κ1) is 12.3. The summed E-state index contributed by atoms with van der Waals surface area (Å²) >= 11 is 0. The smallest absolute Gasteiger partial charge is 0.0618 e. The van der Waals surface area contributed by atoms with Crippen LogP contribution in [0.3, 0.4) is 0 Å². The van der Waals surface area contributed by atoms with Gasteiger partial charge in [0.2, 0.25) is 0 Å². The molecule has 1 aliphatic heterocycles. The Bertz CT molecular complexity index is 372. The monoisotopic (exact) mass is 231 g/mol. The molecule has 0 aliphatic carbocycles. The van der Waals surface area contributed by atoms with E-state index < -0.39 is 0 Å². The molecule has 17 heavy (non-hydrogen) atoms. The Kier molecular flexibility index (Phi) is 4.35. The van der Waals surface area contributed by atoms with Crippen LogP contribution in [0.4, 0.5) is 0 Å². The zero-order valence-electron chi connectivity index (χ0n) is 10.7. The molecule has 1 aliphatic rings. The molecule has 2 heteroatoms. The number of hydrogen-bond donors (Lipinski definition) is 0. The van der Waals surface area contributed by atoms with Gasteiger partial charge in [-0.3, -0.25) is 4.90 Å². The normalized spacial score (nSPS) is 21.3. The van der Waals surface area contributed by atoms with Crippen LogP contribution in [0.1, 0.15) is 18.9 Å². The molecule has 1 atom stereocenters. The minimum Gasteiger partial charge on any atom is -0.383 e. The van der Waals surface area contributed by atoms with E-state index in [4.69, 9.17) is 4.74 Å². The number of benzene rings is 1. The van der Waals surface area contributed by atoms with Crippen molar-refractivity contribution >= 4 is 6.08 Å². The predicted octanol–water partition coefficient (Wildman–Crippen LogP) is 2.81. The van der Waals surface area contributed by atoms with Gasteiger partial charge in [-0.05, 0) is 18.9 Å². The van der Waals surface area contributed by atoms with Gasteiger partial charge >= 0.3 is 0 Å². The summed E-state index contributed by atoms with van der Waals surface area (Å²) in [6.45, 7) is 5.32. The van der Waals surface area contributed by atoms with Crippen LogP contribution in [0.15, 0.2) is 35.9 Å². The first-order valence-corrected chi connectivity index (χ1v) is 6.25. The van der Waals surface area contributed by atoms with E-state index in [9.17, 15) is 0 Å². The number of likely N-dealkylation sites (tertiary alicyclic amines) is 1. The van der Waals surface area contributed by atoms with E-state index in [0.29, 0.717) is 6.04 Å². The summed E-state index contributed by atoms with van der Waals surface area (Å²) in [5.41, 5.74) is 2.70. The SMILES string of the molecule is COCC1CCN1C/C(C)=C/c1ccccc1. The Morgan fingerprint density at radius 3 is 2.76 bits per heavy atom. The summed E-state index contributed by atoms with van der Waals surface area (Å²) in [4.78, 5) is 2.48. The largest absolute Gasteiger partial charge is 0.383 e. The summed E-state index contributed by atoms with van der Waals surface area (Å²) in [6, 6.07) is 11.1. The van der Waals surface area contributed by atoms with E-state index in [1.165, 1.54) is 24.1 Å². The first-order valence-electron chi connectivity index (χ1n) is 6.25. The third kappa shape index (κ3) is 3.42. The van der Waals surface area contributed by atoms with Crippen LogP contribution < -0.4 is 0 Å². The second kappa shape index (κ2) is 5.99. The second-order valence-electron chi connectivity index (χ2n) is 4.77. The number of methoxy groups -OCH3 is 1. The van der Waals surface area contributed by atoms with Crippen molar-refractivity contribution < 1.29 is 4.74 Å². The Hall–Kier alpha value is -1.12. The highest BCUT2D eigenvalue weighted by Crippen LogP contribution is 2.19. The molecule has 2 nitrogen and oxygen atoms in total. The van der Waals surface area contributed by atoms with E-state index in [0.717, 1.165) is 13.2 Å². The van der Waals surface area contributed by atoms with E-state index in [1.54, 1.807) is 7.11 Å². The third-order valence-electron chi connectivity index (χ3n) is 3.29. The summed E-state index contributed by atoms with van der Waals surface area (Å²) in [5, 5.41) is 0. The van der Waals surface area contributed by atoms with Crippen molar-refractivity contribution in [1.82, 2.24) is 4.90 Å². The fraction of sp³-hybridized carbons (Fsp3) is 0.467. The van der Waals surface area contributed by atoms with E-state index >= 15 is 0 Å². The highest BCUT2D eigenvalue weighted by atomic mass is 16.5. The van der Waals surface area contributed by atoms with Crippen LogP contribution >= 0.6 is 0 Å². The summed E-state index contributed by atoms with van der Waals surface area (Å²) in [5.74, 6) is 0. The van der Waals surface area contributed by atoms with Crippen LogP contribution in [-0.4, -0.2) is 37.7 Å². The van der Waals surface area contributed by atoms with E-state index in [1.807, 2.05) is 0 Å². The van der Waals surface area contributed by atoms with Crippen molar-refractivity contribution in [3.05, 3.63) is 41.5 Å². The van der Waals surface area contributed by atoms with Crippen LogP contribution in [0.25, 0.3) is 6.08 Å².